The minimum atomic E-state index is 0.0378. The van der Waals surface area contributed by atoms with E-state index < -0.39 is 0 Å². The lowest BCUT2D eigenvalue weighted by molar-refractivity contribution is 0.0986. The van der Waals surface area contributed by atoms with Crippen molar-refractivity contribution in [3.63, 3.8) is 0 Å². The summed E-state index contributed by atoms with van der Waals surface area (Å²) in [6.07, 6.45) is 0.783. The van der Waals surface area contributed by atoms with Crippen molar-refractivity contribution < 1.29 is 4.79 Å². The Kier molecular flexibility index (Phi) is 5.12. The van der Waals surface area contributed by atoms with Crippen LogP contribution in [0.5, 0.6) is 0 Å². The number of hydrogen-bond acceptors (Lipinski definition) is 2. The van der Waals surface area contributed by atoms with Gasteiger partial charge in [-0.25, -0.2) is 0 Å². The van der Waals surface area contributed by atoms with Gasteiger partial charge >= 0.3 is 0 Å². The number of carbonyl (C=O) groups excluding carboxylic acids is 1. The number of para-hydroxylation sites is 1. The lowest BCUT2D eigenvalue weighted by Crippen LogP contribution is -2.33. The van der Waals surface area contributed by atoms with Crippen LogP contribution in [0.4, 0.5) is 5.69 Å². The average Bonchev–Trinajstić information content (AvgIpc) is 2.51. The van der Waals surface area contributed by atoms with E-state index in [-0.39, 0.29) is 5.91 Å². The molecular weight excluding hydrogens is 260 g/mol. The molecule has 0 fully saturated rings. The highest BCUT2D eigenvalue weighted by atomic mass is 16.2. The number of hydrogen-bond donors (Lipinski definition) is 1. The number of anilines is 1. The molecular formula is C18H22N2O. The summed E-state index contributed by atoms with van der Waals surface area (Å²) in [7, 11) is 0. The van der Waals surface area contributed by atoms with Crippen LogP contribution in [0.3, 0.4) is 0 Å². The first-order valence-corrected chi connectivity index (χ1v) is 7.27. The van der Waals surface area contributed by atoms with Crippen molar-refractivity contribution in [2.75, 3.05) is 18.0 Å². The van der Waals surface area contributed by atoms with E-state index in [4.69, 9.17) is 5.73 Å². The van der Waals surface area contributed by atoms with Crippen molar-refractivity contribution in [1.29, 1.82) is 0 Å². The van der Waals surface area contributed by atoms with Crippen molar-refractivity contribution in [2.45, 2.75) is 20.3 Å². The molecule has 0 spiro atoms. The van der Waals surface area contributed by atoms with Crippen LogP contribution in [-0.4, -0.2) is 19.0 Å². The molecule has 3 heteroatoms. The van der Waals surface area contributed by atoms with Gasteiger partial charge in [-0.05, 0) is 50.6 Å². The number of rotatable bonds is 5. The van der Waals surface area contributed by atoms with Crippen molar-refractivity contribution >= 4 is 11.6 Å². The molecule has 0 unspecified atom stereocenters. The zero-order valence-electron chi connectivity index (χ0n) is 12.7. The van der Waals surface area contributed by atoms with Gasteiger partial charge in [0.25, 0.3) is 5.91 Å². The van der Waals surface area contributed by atoms with Gasteiger partial charge in [0, 0.05) is 17.8 Å². The van der Waals surface area contributed by atoms with Gasteiger partial charge in [0.15, 0.2) is 0 Å². The van der Waals surface area contributed by atoms with Gasteiger partial charge in [-0.1, -0.05) is 35.9 Å². The molecule has 0 aromatic heterocycles. The van der Waals surface area contributed by atoms with E-state index in [1.807, 2.05) is 67.3 Å². The first-order valence-electron chi connectivity index (χ1n) is 7.27. The predicted octanol–water partition coefficient (Wildman–Crippen LogP) is 3.30. The van der Waals surface area contributed by atoms with Crippen LogP contribution < -0.4 is 10.6 Å². The third kappa shape index (κ3) is 3.70. The number of carbonyl (C=O) groups is 1. The zero-order valence-corrected chi connectivity index (χ0v) is 12.7. The average molecular weight is 282 g/mol. The fourth-order valence-electron chi connectivity index (χ4n) is 2.32. The Morgan fingerprint density at radius 1 is 1.10 bits per heavy atom. The lowest BCUT2D eigenvalue weighted by atomic mass is 10.0. The maximum atomic E-state index is 12.9. The second-order valence-corrected chi connectivity index (χ2v) is 5.25. The van der Waals surface area contributed by atoms with Crippen LogP contribution >= 0.6 is 0 Å². The molecule has 2 rings (SSSR count). The summed E-state index contributed by atoms with van der Waals surface area (Å²) in [6.45, 7) is 5.18. The Balaban J connectivity index is 2.36. The van der Waals surface area contributed by atoms with E-state index in [9.17, 15) is 4.79 Å². The fourth-order valence-corrected chi connectivity index (χ4v) is 2.32. The third-order valence-corrected chi connectivity index (χ3v) is 3.52. The quantitative estimate of drug-likeness (QED) is 0.914. The Morgan fingerprint density at radius 3 is 2.48 bits per heavy atom. The summed E-state index contributed by atoms with van der Waals surface area (Å²) in [5.41, 5.74) is 9.38. The van der Waals surface area contributed by atoms with Gasteiger partial charge in [-0.3, -0.25) is 4.79 Å². The molecule has 0 heterocycles. The fraction of sp³-hybridized carbons (Fsp3) is 0.278. The largest absolute Gasteiger partial charge is 0.330 e. The Labute approximate surface area is 126 Å². The number of aryl methyl sites for hydroxylation is 2. The normalized spacial score (nSPS) is 10.4. The number of benzene rings is 2. The molecule has 0 saturated heterocycles. The van der Waals surface area contributed by atoms with E-state index in [1.165, 1.54) is 0 Å². The predicted molar refractivity (Wildman–Crippen MR) is 87.7 cm³/mol. The molecule has 3 nitrogen and oxygen atoms in total. The van der Waals surface area contributed by atoms with E-state index in [1.54, 1.807) is 0 Å². The van der Waals surface area contributed by atoms with Gasteiger partial charge < -0.3 is 10.6 Å². The molecule has 0 radical (unpaired) electrons. The minimum Gasteiger partial charge on any atom is -0.330 e. The second-order valence-electron chi connectivity index (χ2n) is 5.25. The molecule has 1 amide bonds. The number of amides is 1. The van der Waals surface area contributed by atoms with Gasteiger partial charge in [-0.2, -0.15) is 0 Å². The Morgan fingerprint density at radius 2 is 1.81 bits per heavy atom. The molecule has 110 valence electrons. The molecule has 0 atom stereocenters. The SMILES string of the molecule is Cc1ccc(C)c(C(=O)N(CCCN)c2ccccc2)c1. The Hall–Kier alpha value is -2.13. The molecule has 0 bridgehead atoms. The molecule has 0 aliphatic carbocycles. The highest BCUT2D eigenvalue weighted by Gasteiger charge is 2.18. The van der Waals surface area contributed by atoms with Crippen LogP contribution in [-0.2, 0) is 0 Å². The minimum absolute atomic E-state index is 0.0378. The molecule has 21 heavy (non-hydrogen) atoms. The molecule has 2 aromatic carbocycles. The lowest BCUT2D eigenvalue weighted by Gasteiger charge is -2.23. The van der Waals surface area contributed by atoms with Crippen LogP contribution in [0.25, 0.3) is 0 Å². The summed E-state index contributed by atoms with van der Waals surface area (Å²) in [4.78, 5) is 14.7. The van der Waals surface area contributed by atoms with Crippen molar-refractivity contribution in [3.05, 3.63) is 65.2 Å². The monoisotopic (exact) mass is 282 g/mol. The highest BCUT2D eigenvalue weighted by Crippen LogP contribution is 2.20. The maximum absolute atomic E-state index is 12.9. The van der Waals surface area contributed by atoms with E-state index in [2.05, 4.69) is 0 Å². The van der Waals surface area contributed by atoms with E-state index in [0.717, 1.165) is 28.8 Å². The summed E-state index contributed by atoms with van der Waals surface area (Å²) in [5.74, 6) is 0.0378. The highest BCUT2D eigenvalue weighted by molar-refractivity contribution is 6.07. The van der Waals surface area contributed by atoms with Gasteiger partial charge in [0.1, 0.15) is 0 Å². The molecule has 2 N–H and O–H groups in total. The van der Waals surface area contributed by atoms with Crippen LogP contribution in [0.1, 0.15) is 27.9 Å². The van der Waals surface area contributed by atoms with Crippen LogP contribution in [0, 0.1) is 13.8 Å². The number of nitrogens with two attached hydrogens (primary N) is 1. The van der Waals surface area contributed by atoms with Crippen molar-refractivity contribution in [1.82, 2.24) is 0 Å². The van der Waals surface area contributed by atoms with Gasteiger partial charge in [0.05, 0.1) is 0 Å². The summed E-state index contributed by atoms with van der Waals surface area (Å²) in [5, 5.41) is 0. The zero-order chi connectivity index (χ0) is 15.2. The maximum Gasteiger partial charge on any atom is 0.258 e. The number of nitrogens with zero attached hydrogens (tertiary/aromatic N) is 1. The molecule has 2 aromatic rings. The summed E-state index contributed by atoms with van der Waals surface area (Å²) < 4.78 is 0. The smallest absolute Gasteiger partial charge is 0.258 e. The molecule has 0 saturated carbocycles. The first-order chi connectivity index (χ1) is 10.1. The summed E-state index contributed by atoms with van der Waals surface area (Å²) >= 11 is 0. The Bertz CT molecular complexity index is 608. The van der Waals surface area contributed by atoms with E-state index in [0.29, 0.717) is 13.1 Å². The van der Waals surface area contributed by atoms with Crippen LogP contribution in [0.15, 0.2) is 48.5 Å². The van der Waals surface area contributed by atoms with E-state index >= 15 is 0 Å². The van der Waals surface area contributed by atoms with Gasteiger partial charge in [-0.15, -0.1) is 0 Å². The van der Waals surface area contributed by atoms with Gasteiger partial charge in [0.2, 0.25) is 0 Å². The molecule has 0 aliphatic rings. The third-order valence-electron chi connectivity index (χ3n) is 3.52. The van der Waals surface area contributed by atoms with Crippen LogP contribution in [0.2, 0.25) is 0 Å². The van der Waals surface area contributed by atoms with Crippen molar-refractivity contribution in [2.24, 2.45) is 5.73 Å². The first kappa shape index (κ1) is 15.3. The standard InChI is InChI=1S/C18H22N2O/c1-14-9-10-15(2)17(13-14)18(21)20(12-6-11-19)16-7-4-3-5-8-16/h3-5,7-10,13H,6,11-12,19H2,1-2H3. The summed E-state index contributed by atoms with van der Waals surface area (Å²) in [6, 6.07) is 15.7. The van der Waals surface area contributed by atoms with Crippen molar-refractivity contribution in [3.8, 4) is 0 Å². The second kappa shape index (κ2) is 7.04. The molecule has 0 aliphatic heterocycles. The topological polar surface area (TPSA) is 46.3 Å².